The molecule has 2 atom stereocenters. The molecule has 0 spiro atoms. The van der Waals surface area contributed by atoms with Gasteiger partial charge in [-0.2, -0.15) is 0 Å². The van der Waals surface area contributed by atoms with E-state index in [2.05, 4.69) is 0 Å². The lowest BCUT2D eigenvalue weighted by Crippen LogP contribution is -2.38. The molecular formula is C7H14N2O2. The maximum Gasteiger partial charge on any atom is 0.124 e. The van der Waals surface area contributed by atoms with Crippen molar-refractivity contribution in [1.29, 1.82) is 0 Å². The van der Waals surface area contributed by atoms with Gasteiger partial charge in [0.2, 0.25) is 0 Å². The predicted octanol–water partition coefficient (Wildman–Crippen LogP) is -0.933. The summed E-state index contributed by atoms with van der Waals surface area (Å²) in [7, 11) is 0. The lowest BCUT2D eigenvalue weighted by molar-refractivity contribution is -0.112. The molecule has 0 bridgehead atoms. The smallest absolute Gasteiger partial charge is 0.124 e. The third kappa shape index (κ3) is 3.85. The number of carbonyl (C=O) groups is 2. The van der Waals surface area contributed by atoms with Crippen LogP contribution in [0.1, 0.15) is 12.8 Å². The summed E-state index contributed by atoms with van der Waals surface area (Å²) in [4.78, 5) is 20.3. The van der Waals surface area contributed by atoms with Crippen LogP contribution < -0.4 is 11.5 Å². The standard InChI is InChI=1S/C7H14N2O2/c8-4-7(9)6(5-11)2-1-3-10/h3,5-7H,1-2,4,8-9H2. The third-order valence-corrected chi connectivity index (χ3v) is 1.61. The minimum atomic E-state index is -0.313. The predicted molar refractivity (Wildman–Crippen MR) is 41.9 cm³/mol. The Balaban J connectivity index is 3.73. The zero-order chi connectivity index (χ0) is 8.69. The van der Waals surface area contributed by atoms with Gasteiger partial charge in [0, 0.05) is 24.9 Å². The number of hydrogen-bond donors (Lipinski definition) is 2. The summed E-state index contributed by atoms with van der Waals surface area (Å²) in [6.07, 6.45) is 2.42. The quantitative estimate of drug-likeness (QED) is 0.489. The van der Waals surface area contributed by atoms with Gasteiger partial charge in [-0.05, 0) is 6.42 Å². The normalized spacial score (nSPS) is 15.5. The van der Waals surface area contributed by atoms with Crippen molar-refractivity contribution in [1.82, 2.24) is 0 Å². The van der Waals surface area contributed by atoms with Crippen molar-refractivity contribution < 1.29 is 9.59 Å². The van der Waals surface area contributed by atoms with Gasteiger partial charge in [-0.1, -0.05) is 0 Å². The highest BCUT2D eigenvalue weighted by Gasteiger charge is 2.14. The van der Waals surface area contributed by atoms with Crippen LogP contribution in [0, 0.1) is 5.92 Å². The molecule has 2 unspecified atom stereocenters. The second-order valence-corrected chi connectivity index (χ2v) is 2.44. The molecule has 0 aromatic rings. The van der Waals surface area contributed by atoms with Crippen LogP contribution in [0.5, 0.6) is 0 Å². The Morgan fingerprint density at radius 3 is 2.36 bits per heavy atom. The van der Waals surface area contributed by atoms with Gasteiger partial charge >= 0.3 is 0 Å². The molecule has 4 heteroatoms. The average molecular weight is 158 g/mol. The molecule has 11 heavy (non-hydrogen) atoms. The van der Waals surface area contributed by atoms with E-state index in [0.29, 0.717) is 12.8 Å². The molecule has 0 rings (SSSR count). The van der Waals surface area contributed by atoms with Crippen molar-refractivity contribution in [3.8, 4) is 0 Å². The molecule has 64 valence electrons. The van der Waals surface area contributed by atoms with E-state index in [-0.39, 0.29) is 18.5 Å². The molecule has 0 aromatic carbocycles. The first-order chi connectivity index (χ1) is 5.26. The van der Waals surface area contributed by atoms with Crippen LogP contribution in [-0.2, 0) is 9.59 Å². The van der Waals surface area contributed by atoms with Gasteiger partial charge in [0.15, 0.2) is 0 Å². The van der Waals surface area contributed by atoms with Crippen LogP contribution in [0.2, 0.25) is 0 Å². The first-order valence-corrected chi connectivity index (χ1v) is 3.60. The van der Waals surface area contributed by atoms with Crippen molar-refractivity contribution >= 4 is 12.6 Å². The number of hydrogen-bond acceptors (Lipinski definition) is 4. The number of aldehydes is 2. The summed E-state index contributed by atoms with van der Waals surface area (Å²) in [5.41, 5.74) is 10.7. The molecule has 0 aliphatic heterocycles. The molecule has 0 aliphatic carbocycles. The average Bonchev–Trinajstić information content (AvgIpc) is 2.05. The Hall–Kier alpha value is -0.740. The molecule has 4 N–H and O–H groups in total. The number of carbonyl (C=O) groups excluding carboxylic acids is 2. The van der Waals surface area contributed by atoms with Crippen molar-refractivity contribution in [3.63, 3.8) is 0 Å². The SMILES string of the molecule is NCC(N)C(C=O)CCC=O. The fraction of sp³-hybridized carbons (Fsp3) is 0.714. The summed E-state index contributed by atoms with van der Waals surface area (Å²) in [6.45, 7) is 0.280. The molecule has 0 aromatic heterocycles. The van der Waals surface area contributed by atoms with E-state index in [9.17, 15) is 9.59 Å². The fourth-order valence-corrected chi connectivity index (χ4v) is 0.818. The molecule has 0 aliphatic rings. The third-order valence-electron chi connectivity index (χ3n) is 1.61. The molecule has 0 fully saturated rings. The number of rotatable bonds is 6. The van der Waals surface area contributed by atoms with Crippen molar-refractivity contribution in [2.75, 3.05) is 6.54 Å². The minimum Gasteiger partial charge on any atom is -0.329 e. The monoisotopic (exact) mass is 158 g/mol. The van der Waals surface area contributed by atoms with E-state index < -0.39 is 0 Å². The lowest BCUT2D eigenvalue weighted by atomic mass is 9.97. The zero-order valence-electron chi connectivity index (χ0n) is 6.40. The van der Waals surface area contributed by atoms with Gasteiger partial charge in [-0.15, -0.1) is 0 Å². The molecular weight excluding hydrogens is 144 g/mol. The van der Waals surface area contributed by atoms with E-state index in [0.717, 1.165) is 12.6 Å². The van der Waals surface area contributed by atoms with Gasteiger partial charge in [0.1, 0.15) is 12.6 Å². The highest BCUT2D eigenvalue weighted by atomic mass is 16.1. The Morgan fingerprint density at radius 1 is 1.36 bits per heavy atom. The topological polar surface area (TPSA) is 86.2 Å². The second kappa shape index (κ2) is 6.00. The van der Waals surface area contributed by atoms with Gasteiger partial charge in [0.25, 0.3) is 0 Å². The summed E-state index contributed by atoms with van der Waals surface area (Å²) in [5, 5.41) is 0. The molecule has 0 radical (unpaired) electrons. The van der Waals surface area contributed by atoms with Crippen LogP contribution in [0.25, 0.3) is 0 Å². The van der Waals surface area contributed by atoms with Crippen molar-refractivity contribution in [2.45, 2.75) is 18.9 Å². The summed E-state index contributed by atoms with van der Waals surface area (Å²) >= 11 is 0. The van der Waals surface area contributed by atoms with E-state index in [4.69, 9.17) is 11.5 Å². The molecule has 4 nitrogen and oxygen atoms in total. The molecule has 0 heterocycles. The first kappa shape index (κ1) is 10.3. The number of nitrogens with two attached hydrogens (primary N) is 2. The minimum absolute atomic E-state index is 0.273. The van der Waals surface area contributed by atoms with E-state index in [1.54, 1.807) is 0 Å². The Bertz CT molecular complexity index is 128. The van der Waals surface area contributed by atoms with E-state index in [1.165, 1.54) is 0 Å². The van der Waals surface area contributed by atoms with Crippen molar-refractivity contribution in [3.05, 3.63) is 0 Å². The maximum atomic E-state index is 10.4. The highest BCUT2D eigenvalue weighted by molar-refractivity contribution is 5.57. The zero-order valence-corrected chi connectivity index (χ0v) is 6.40. The Morgan fingerprint density at radius 2 is 2.00 bits per heavy atom. The molecule has 0 saturated heterocycles. The van der Waals surface area contributed by atoms with E-state index in [1.807, 2.05) is 0 Å². The molecule has 0 saturated carbocycles. The second-order valence-electron chi connectivity index (χ2n) is 2.44. The summed E-state index contributed by atoms with van der Waals surface area (Å²) in [5.74, 6) is -0.273. The maximum absolute atomic E-state index is 10.4. The van der Waals surface area contributed by atoms with Crippen LogP contribution in [-0.4, -0.2) is 25.2 Å². The van der Waals surface area contributed by atoms with Crippen LogP contribution in [0.4, 0.5) is 0 Å². The molecule has 0 amide bonds. The van der Waals surface area contributed by atoms with Gasteiger partial charge < -0.3 is 21.1 Å². The fourth-order valence-electron chi connectivity index (χ4n) is 0.818. The highest BCUT2D eigenvalue weighted by Crippen LogP contribution is 2.04. The summed E-state index contributed by atoms with van der Waals surface area (Å²) < 4.78 is 0. The van der Waals surface area contributed by atoms with E-state index >= 15 is 0 Å². The van der Waals surface area contributed by atoms with Gasteiger partial charge in [-0.25, -0.2) is 0 Å². The van der Waals surface area contributed by atoms with Gasteiger partial charge in [0.05, 0.1) is 0 Å². The van der Waals surface area contributed by atoms with Crippen LogP contribution >= 0.6 is 0 Å². The van der Waals surface area contributed by atoms with Gasteiger partial charge in [-0.3, -0.25) is 0 Å². The summed E-state index contributed by atoms with van der Waals surface area (Å²) in [6, 6.07) is -0.313. The largest absolute Gasteiger partial charge is 0.329 e. The first-order valence-electron chi connectivity index (χ1n) is 3.60. The van der Waals surface area contributed by atoms with Crippen LogP contribution in [0.3, 0.4) is 0 Å². The van der Waals surface area contributed by atoms with Crippen LogP contribution in [0.15, 0.2) is 0 Å². The lowest BCUT2D eigenvalue weighted by Gasteiger charge is -2.14. The Labute approximate surface area is 65.9 Å². The van der Waals surface area contributed by atoms with Crippen molar-refractivity contribution in [2.24, 2.45) is 17.4 Å². The Kier molecular flexibility index (Phi) is 5.60.